The van der Waals surface area contributed by atoms with Crippen molar-refractivity contribution in [2.75, 3.05) is 6.61 Å². The Labute approximate surface area is 103 Å². The Kier molecular flexibility index (Phi) is 3.33. The van der Waals surface area contributed by atoms with Gasteiger partial charge in [-0.1, -0.05) is 15.9 Å². The fourth-order valence-corrected chi connectivity index (χ4v) is 2.53. The average molecular weight is 289 g/mol. The van der Waals surface area contributed by atoms with Crippen LogP contribution in [0.2, 0.25) is 0 Å². The largest absolute Gasteiger partial charge is 0.385 e. The van der Waals surface area contributed by atoms with Gasteiger partial charge < -0.3 is 9.84 Å². The van der Waals surface area contributed by atoms with E-state index in [1.165, 1.54) is 6.07 Å². The van der Waals surface area contributed by atoms with E-state index in [2.05, 4.69) is 15.9 Å². The van der Waals surface area contributed by atoms with Crippen LogP contribution in [0.1, 0.15) is 25.3 Å². The van der Waals surface area contributed by atoms with Crippen molar-refractivity contribution in [1.29, 1.82) is 0 Å². The number of hydrogen-bond donors (Lipinski definition) is 1. The van der Waals surface area contributed by atoms with Crippen LogP contribution in [0.15, 0.2) is 22.7 Å². The van der Waals surface area contributed by atoms with Crippen molar-refractivity contribution in [1.82, 2.24) is 0 Å². The number of aliphatic hydroxyl groups is 1. The first-order valence-electron chi connectivity index (χ1n) is 5.31. The topological polar surface area (TPSA) is 29.5 Å². The maximum absolute atomic E-state index is 13.7. The van der Waals surface area contributed by atoms with Crippen molar-refractivity contribution in [3.63, 3.8) is 0 Å². The van der Waals surface area contributed by atoms with Crippen LogP contribution in [0.3, 0.4) is 0 Å². The number of ether oxygens (including phenoxy) is 1. The summed E-state index contributed by atoms with van der Waals surface area (Å²) in [6.07, 6.45) is 0.822. The molecule has 1 N–H and O–H groups in total. The molecule has 1 aliphatic heterocycles. The highest BCUT2D eigenvalue weighted by Gasteiger charge is 2.37. The van der Waals surface area contributed by atoms with Gasteiger partial charge in [0.15, 0.2) is 0 Å². The molecule has 2 unspecified atom stereocenters. The molecular formula is C12H14BrFO2. The van der Waals surface area contributed by atoms with Crippen LogP contribution >= 0.6 is 15.9 Å². The van der Waals surface area contributed by atoms with Gasteiger partial charge in [0.1, 0.15) is 5.82 Å². The Morgan fingerprint density at radius 3 is 3.00 bits per heavy atom. The molecule has 2 rings (SSSR count). The van der Waals surface area contributed by atoms with Crippen molar-refractivity contribution < 1.29 is 14.2 Å². The van der Waals surface area contributed by atoms with Crippen LogP contribution in [-0.4, -0.2) is 17.8 Å². The molecule has 1 heterocycles. The van der Waals surface area contributed by atoms with Crippen molar-refractivity contribution in [3.8, 4) is 0 Å². The molecular weight excluding hydrogens is 275 g/mol. The molecule has 0 aliphatic carbocycles. The molecule has 1 fully saturated rings. The second-order valence-electron chi connectivity index (χ2n) is 4.29. The van der Waals surface area contributed by atoms with Gasteiger partial charge in [0.2, 0.25) is 0 Å². The van der Waals surface area contributed by atoms with Crippen molar-refractivity contribution in [2.24, 2.45) is 0 Å². The van der Waals surface area contributed by atoms with Gasteiger partial charge in [-0.15, -0.1) is 0 Å². The van der Waals surface area contributed by atoms with Crippen molar-refractivity contribution in [3.05, 3.63) is 34.1 Å². The van der Waals surface area contributed by atoms with Gasteiger partial charge >= 0.3 is 0 Å². The van der Waals surface area contributed by atoms with Gasteiger partial charge in [-0.3, -0.25) is 0 Å². The molecule has 0 bridgehead atoms. The molecule has 16 heavy (non-hydrogen) atoms. The summed E-state index contributed by atoms with van der Waals surface area (Å²) in [5, 5.41) is 10.5. The zero-order valence-corrected chi connectivity index (χ0v) is 10.6. The minimum atomic E-state index is -1.11. The van der Waals surface area contributed by atoms with Crippen LogP contribution in [0.4, 0.5) is 4.39 Å². The highest BCUT2D eigenvalue weighted by atomic mass is 79.9. The van der Waals surface area contributed by atoms with Crippen LogP contribution < -0.4 is 0 Å². The van der Waals surface area contributed by atoms with Crippen LogP contribution in [0.25, 0.3) is 0 Å². The minimum Gasteiger partial charge on any atom is -0.385 e. The monoisotopic (exact) mass is 288 g/mol. The van der Waals surface area contributed by atoms with Crippen LogP contribution in [-0.2, 0) is 10.3 Å². The zero-order chi connectivity index (χ0) is 11.8. The maximum atomic E-state index is 13.7. The fraction of sp³-hybridized carbons (Fsp3) is 0.500. The lowest BCUT2D eigenvalue weighted by atomic mass is 9.84. The van der Waals surface area contributed by atoms with Crippen molar-refractivity contribution in [2.45, 2.75) is 31.5 Å². The summed E-state index contributed by atoms with van der Waals surface area (Å²) in [5.74, 6) is -0.361. The summed E-state index contributed by atoms with van der Waals surface area (Å²) < 4.78 is 19.8. The van der Waals surface area contributed by atoms with E-state index in [4.69, 9.17) is 4.74 Å². The van der Waals surface area contributed by atoms with Gasteiger partial charge in [-0.2, -0.15) is 0 Å². The molecule has 1 saturated heterocycles. The lowest BCUT2D eigenvalue weighted by molar-refractivity contribution is -0.103. The van der Waals surface area contributed by atoms with E-state index < -0.39 is 5.60 Å². The van der Waals surface area contributed by atoms with Crippen molar-refractivity contribution >= 4 is 15.9 Å². The second-order valence-corrected chi connectivity index (χ2v) is 5.21. The number of rotatable bonds is 1. The van der Waals surface area contributed by atoms with E-state index in [-0.39, 0.29) is 11.9 Å². The Morgan fingerprint density at radius 2 is 2.31 bits per heavy atom. The lowest BCUT2D eigenvalue weighted by Gasteiger charge is -2.36. The molecule has 0 spiro atoms. The fourth-order valence-electron chi connectivity index (χ4n) is 2.16. The molecule has 1 aromatic carbocycles. The standard InChI is InChI=1S/C12H14BrFO2/c1-8-7-12(15,4-5-16-8)10-6-9(13)2-3-11(10)14/h2-3,6,8,15H,4-5,7H2,1H3. The van der Waals surface area contributed by atoms with Crippen LogP contribution in [0.5, 0.6) is 0 Å². The Hall–Kier alpha value is -0.450. The first kappa shape index (κ1) is 12.0. The lowest BCUT2D eigenvalue weighted by Crippen LogP contribution is -2.38. The third-order valence-corrected chi connectivity index (χ3v) is 3.47. The van der Waals surface area contributed by atoms with Gasteiger partial charge in [0, 0.05) is 22.9 Å². The first-order chi connectivity index (χ1) is 7.51. The van der Waals surface area contributed by atoms with Crippen LogP contribution in [0, 0.1) is 5.82 Å². The normalized spacial score (nSPS) is 30.4. The summed E-state index contributed by atoms with van der Waals surface area (Å²) in [5.41, 5.74) is -0.747. The molecule has 4 heteroatoms. The molecule has 88 valence electrons. The summed E-state index contributed by atoms with van der Waals surface area (Å²) in [6.45, 7) is 2.35. The van der Waals surface area contributed by atoms with E-state index in [0.717, 1.165) is 4.47 Å². The van der Waals surface area contributed by atoms with Gasteiger partial charge in [0.25, 0.3) is 0 Å². The molecule has 0 aromatic heterocycles. The van der Waals surface area contributed by atoms with E-state index in [1.807, 2.05) is 6.92 Å². The molecule has 1 aromatic rings. The molecule has 0 radical (unpaired) electrons. The van der Waals surface area contributed by atoms with Gasteiger partial charge in [-0.25, -0.2) is 4.39 Å². The molecule has 0 amide bonds. The third kappa shape index (κ3) is 2.29. The number of benzene rings is 1. The summed E-state index contributed by atoms with van der Waals surface area (Å²) >= 11 is 3.29. The minimum absolute atomic E-state index is 0.0443. The van der Waals surface area contributed by atoms with E-state index in [9.17, 15) is 9.50 Å². The Balaban J connectivity index is 2.37. The molecule has 2 nitrogen and oxygen atoms in total. The first-order valence-corrected chi connectivity index (χ1v) is 6.10. The number of hydrogen-bond acceptors (Lipinski definition) is 2. The summed E-state index contributed by atoms with van der Waals surface area (Å²) in [4.78, 5) is 0. The maximum Gasteiger partial charge on any atom is 0.129 e. The third-order valence-electron chi connectivity index (χ3n) is 2.97. The Morgan fingerprint density at radius 1 is 1.56 bits per heavy atom. The smallest absolute Gasteiger partial charge is 0.129 e. The highest BCUT2D eigenvalue weighted by Crippen LogP contribution is 2.36. The predicted octanol–water partition coefficient (Wildman–Crippen LogP) is 2.97. The predicted molar refractivity (Wildman–Crippen MR) is 62.6 cm³/mol. The summed E-state index contributed by atoms with van der Waals surface area (Å²) in [6, 6.07) is 4.65. The average Bonchev–Trinajstić information content (AvgIpc) is 2.21. The van der Waals surface area contributed by atoms with Gasteiger partial charge in [-0.05, 0) is 25.1 Å². The summed E-state index contributed by atoms with van der Waals surface area (Å²) in [7, 11) is 0. The highest BCUT2D eigenvalue weighted by molar-refractivity contribution is 9.10. The molecule has 2 atom stereocenters. The number of halogens is 2. The Bertz CT molecular complexity index is 397. The van der Waals surface area contributed by atoms with E-state index >= 15 is 0 Å². The van der Waals surface area contributed by atoms with E-state index in [1.54, 1.807) is 12.1 Å². The van der Waals surface area contributed by atoms with E-state index in [0.29, 0.717) is 25.0 Å². The second kappa shape index (κ2) is 4.43. The van der Waals surface area contributed by atoms with Gasteiger partial charge in [0.05, 0.1) is 18.3 Å². The zero-order valence-electron chi connectivity index (χ0n) is 9.04. The SMILES string of the molecule is CC1CC(O)(c2cc(Br)ccc2F)CCO1. The molecule has 1 aliphatic rings. The quantitative estimate of drug-likeness (QED) is 0.861. The molecule has 0 saturated carbocycles.